The topological polar surface area (TPSA) is 15.3 Å². The molecule has 2 fully saturated rings. The Balaban J connectivity index is 1.67. The summed E-state index contributed by atoms with van der Waals surface area (Å²) in [7, 11) is 0. The molecule has 0 aromatic heterocycles. The van der Waals surface area contributed by atoms with Crippen LogP contribution in [0.3, 0.4) is 0 Å². The summed E-state index contributed by atoms with van der Waals surface area (Å²) in [4.78, 5) is 2.64. The van der Waals surface area contributed by atoms with E-state index in [9.17, 15) is 0 Å². The Morgan fingerprint density at radius 1 is 1.25 bits per heavy atom. The molecule has 2 aliphatic carbocycles. The summed E-state index contributed by atoms with van der Waals surface area (Å²) in [6.07, 6.45) is 6.81. The molecular weight excluding hydrogens is 312 g/mol. The van der Waals surface area contributed by atoms with Crippen LogP contribution in [-0.4, -0.2) is 19.1 Å². The van der Waals surface area contributed by atoms with Crippen LogP contribution in [0.25, 0.3) is 0 Å². The van der Waals surface area contributed by atoms with E-state index in [4.69, 9.17) is 0 Å². The minimum Gasteiger partial charge on any atom is -0.368 e. The van der Waals surface area contributed by atoms with Gasteiger partial charge in [0, 0.05) is 29.3 Å². The van der Waals surface area contributed by atoms with Crippen LogP contribution in [0.4, 0.5) is 5.69 Å². The van der Waals surface area contributed by atoms with Crippen molar-refractivity contribution < 1.29 is 0 Å². The minimum absolute atomic E-state index is 0.812. The molecule has 0 unspecified atom stereocenters. The molecule has 3 heteroatoms. The molecule has 0 spiro atoms. The monoisotopic (exact) mass is 336 g/mol. The van der Waals surface area contributed by atoms with Gasteiger partial charge in [0.15, 0.2) is 0 Å². The fourth-order valence-electron chi connectivity index (χ4n) is 2.69. The van der Waals surface area contributed by atoms with Crippen molar-refractivity contribution in [2.75, 3.05) is 18.0 Å². The van der Waals surface area contributed by atoms with Gasteiger partial charge in [0.2, 0.25) is 0 Å². The van der Waals surface area contributed by atoms with Gasteiger partial charge in [-0.1, -0.05) is 28.9 Å². The average Bonchev–Trinajstić information content (AvgIpc) is 3.31. The number of rotatable bonds is 8. The Hall–Kier alpha value is -0.540. The summed E-state index contributed by atoms with van der Waals surface area (Å²) in [6.45, 7) is 5.52. The molecule has 0 radical (unpaired) electrons. The third-order valence-electron chi connectivity index (χ3n) is 4.25. The van der Waals surface area contributed by atoms with E-state index in [0.717, 1.165) is 25.0 Å². The van der Waals surface area contributed by atoms with Crippen LogP contribution in [0.1, 0.15) is 44.6 Å². The Morgan fingerprint density at radius 2 is 2.05 bits per heavy atom. The average molecular weight is 337 g/mol. The van der Waals surface area contributed by atoms with Gasteiger partial charge in [0.1, 0.15) is 0 Å². The van der Waals surface area contributed by atoms with Gasteiger partial charge in [-0.05, 0) is 62.3 Å². The van der Waals surface area contributed by atoms with Gasteiger partial charge in [-0.2, -0.15) is 0 Å². The number of nitrogens with zero attached hydrogens (tertiary/aromatic N) is 1. The lowest BCUT2D eigenvalue weighted by Gasteiger charge is -2.25. The van der Waals surface area contributed by atoms with E-state index in [2.05, 4.69) is 51.3 Å². The Labute approximate surface area is 131 Å². The van der Waals surface area contributed by atoms with Crippen molar-refractivity contribution >= 4 is 21.6 Å². The van der Waals surface area contributed by atoms with Crippen LogP contribution in [0.15, 0.2) is 22.7 Å². The van der Waals surface area contributed by atoms with Gasteiger partial charge in [-0.25, -0.2) is 0 Å². The molecule has 0 amide bonds. The number of anilines is 1. The molecule has 0 saturated heterocycles. The van der Waals surface area contributed by atoms with Crippen molar-refractivity contribution in [1.82, 2.24) is 5.32 Å². The van der Waals surface area contributed by atoms with Gasteiger partial charge < -0.3 is 10.2 Å². The summed E-state index contributed by atoms with van der Waals surface area (Å²) >= 11 is 3.75. The summed E-state index contributed by atoms with van der Waals surface area (Å²) in [5.41, 5.74) is 2.77. The van der Waals surface area contributed by atoms with E-state index >= 15 is 0 Å². The highest BCUT2D eigenvalue weighted by Crippen LogP contribution is 2.38. The zero-order chi connectivity index (χ0) is 13.9. The minimum atomic E-state index is 0.812. The quantitative estimate of drug-likeness (QED) is 0.711. The lowest BCUT2D eigenvalue weighted by Crippen LogP contribution is -2.28. The molecule has 1 N–H and O–H groups in total. The number of benzene rings is 1. The SMILES string of the molecule is CCCNCc1ccc(N(CC2CC2)C2CC2)cc1Br. The second-order valence-corrected chi connectivity index (χ2v) is 7.13. The molecule has 110 valence electrons. The second kappa shape index (κ2) is 6.48. The van der Waals surface area contributed by atoms with Crippen LogP contribution in [0.5, 0.6) is 0 Å². The lowest BCUT2D eigenvalue weighted by atomic mass is 10.1. The normalized spacial score (nSPS) is 18.3. The predicted octanol–water partition coefficient (Wildman–Crippen LogP) is 4.33. The van der Waals surface area contributed by atoms with Crippen LogP contribution in [0.2, 0.25) is 0 Å². The highest BCUT2D eigenvalue weighted by molar-refractivity contribution is 9.10. The van der Waals surface area contributed by atoms with E-state index < -0.39 is 0 Å². The summed E-state index contributed by atoms with van der Waals surface area (Å²) in [5.74, 6) is 0.959. The lowest BCUT2D eigenvalue weighted by molar-refractivity contribution is 0.673. The van der Waals surface area contributed by atoms with Crippen molar-refractivity contribution in [3.05, 3.63) is 28.2 Å². The molecule has 2 nitrogen and oxygen atoms in total. The van der Waals surface area contributed by atoms with Gasteiger partial charge in [0.25, 0.3) is 0 Å². The molecule has 0 atom stereocenters. The van der Waals surface area contributed by atoms with Gasteiger partial charge >= 0.3 is 0 Å². The third kappa shape index (κ3) is 3.76. The number of nitrogens with one attached hydrogen (secondary N) is 1. The van der Waals surface area contributed by atoms with E-state index in [1.54, 1.807) is 0 Å². The van der Waals surface area contributed by atoms with Crippen molar-refractivity contribution in [3.8, 4) is 0 Å². The van der Waals surface area contributed by atoms with Crippen LogP contribution < -0.4 is 10.2 Å². The van der Waals surface area contributed by atoms with E-state index in [-0.39, 0.29) is 0 Å². The molecule has 0 heterocycles. The molecule has 0 aliphatic heterocycles. The first-order valence-electron chi connectivity index (χ1n) is 8.03. The standard InChI is InChI=1S/C17H25BrN2/c1-2-9-19-11-14-5-6-16(10-17(14)18)20(15-7-8-15)12-13-3-4-13/h5-6,10,13,15,19H,2-4,7-9,11-12H2,1H3. The maximum absolute atomic E-state index is 3.75. The highest BCUT2D eigenvalue weighted by Gasteiger charge is 2.33. The molecule has 1 aromatic rings. The number of halogens is 1. The van der Waals surface area contributed by atoms with E-state index in [1.165, 1.54) is 54.4 Å². The number of hydrogen-bond donors (Lipinski definition) is 1. The molecule has 20 heavy (non-hydrogen) atoms. The Kier molecular flexibility index (Phi) is 4.67. The summed E-state index contributed by atoms with van der Waals surface area (Å²) < 4.78 is 1.25. The molecular formula is C17H25BrN2. The van der Waals surface area contributed by atoms with Crippen LogP contribution in [-0.2, 0) is 6.54 Å². The van der Waals surface area contributed by atoms with Crippen LogP contribution in [0, 0.1) is 5.92 Å². The summed E-state index contributed by atoms with van der Waals surface area (Å²) in [6, 6.07) is 7.73. The molecule has 3 rings (SSSR count). The first kappa shape index (κ1) is 14.4. The third-order valence-corrected chi connectivity index (χ3v) is 4.99. The molecule has 1 aromatic carbocycles. The number of hydrogen-bond acceptors (Lipinski definition) is 2. The first-order valence-corrected chi connectivity index (χ1v) is 8.83. The van der Waals surface area contributed by atoms with Crippen LogP contribution >= 0.6 is 15.9 Å². The van der Waals surface area contributed by atoms with Crippen molar-refractivity contribution in [3.63, 3.8) is 0 Å². The smallest absolute Gasteiger partial charge is 0.0380 e. The van der Waals surface area contributed by atoms with Crippen molar-refractivity contribution in [2.24, 2.45) is 5.92 Å². The highest BCUT2D eigenvalue weighted by atomic mass is 79.9. The Morgan fingerprint density at radius 3 is 2.65 bits per heavy atom. The van der Waals surface area contributed by atoms with Crippen molar-refractivity contribution in [2.45, 2.75) is 51.6 Å². The zero-order valence-electron chi connectivity index (χ0n) is 12.4. The largest absolute Gasteiger partial charge is 0.368 e. The molecule has 2 saturated carbocycles. The van der Waals surface area contributed by atoms with E-state index in [0.29, 0.717) is 0 Å². The van der Waals surface area contributed by atoms with Gasteiger partial charge in [-0.3, -0.25) is 0 Å². The predicted molar refractivity (Wildman–Crippen MR) is 89.2 cm³/mol. The summed E-state index contributed by atoms with van der Waals surface area (Å²) in [5, 5.41) is 3.47. The fourth-order valence-corrected chi connectivity index (χ4v) is 3.20. The fraction of sp³-hybridized carbons (Fsp3) is 0.647. The maximum atomic E-state index is 3.75. The second-order valence-electron chi connectivity index (χ2n) is 6.28. The van der Waals surface area contributed by atoms with Gasteiger partial charge in [0.05, 0.1) is 0 Å². The zero-order valence-corrected chi connectivity index (χ0v) is 14.0. The first-order chi connectivity index (χ1) is 9.78. The molecule has 2 aliphatic rings. The molecule has 0 bridgehead atoms. The van der Waals surface area contributed by atoms with Gasteiger partial charge in [-0.15, -0.1) is 0 Å². The van der Waals surface area contributed by atoms with Crippen molar-refractivity contribution in [1.29, 1.82) is 0 Å². The van der Waals surface area contributed by atoms with E-state index in [1.807, 2.05) is 0 Å². The maximum Gasteiger partial charge on any atom is 0.0380 e. The Bertz CT molecular complexity index is 452.